The summed E-state index contributed by atoms with van der Waals surface area (Å²) in [6.07, 6.45) is 9.30. The Morgan fingerprint density at radius 1 is 1.29 bits per heavy atom. The zero-order chi connectivity index (χ0) is 12.7. The Morgan fingerprint density at radius 2 is 2.00 bits per heavy atom. The maximum atomic E-state index is 5.45. The van der Waals surface area contributed by atoms with Gasteiger partial charge in [-0.25, -0.2) is 0 Å². The van der Waals surface area contributed by atoms with E-state index in [9.17, 15) is 0 Å². The van der Waals surface area contributed by atoms with Crippen molar-refractivity contribution in [2.75, 3.05) is 13.7 Å². The molecule has 2 nitrogen and oxygen atoms in total. The fourth-order valence-corrected chi connectivity index (χ4v) is 2.35. The van der Waals surface area contributed by atoms with Crippen molar-refractivity contribution in [1.82, 2.24) is 5.32 Å². The van der Waals surface area contributed by atoms with Gasteiger partial charge in [-0.2, -0.15) is 0 Å². The minimum Gasteiger partial charge on any atom is -0.379 e. The minimum atomic E-state index is 0.0614. The van der Waals surface area contributed by atoms with Crippen molar-refractivity contribution in [3.05, 3.63) is 0 Å². The molecule has 1 atom stereocenters. The highest BCUT2D eigenvalue weighted by Gasteiger charge is 2.30. The molecule has 0 aromatic carbocycles. The molecule has 17 heavy (non-hydrogen) atoms. The smallest absolute Gasteiger partial charge is 0.0622 e. The van der Waals surface area contributed by atoms with Crippen molar-refractivity contribution in [2.45, 2.75) is 77.4 Å². The standard InChI is InChI=1S/C15H31NO/c1-5-12-16-14(13-9-10-13)8-6-7-11-15(2,3)17-4/h13-14,16H,5-12H2,1-4H3. The van der Waals surface area contributed by atoms with E-state index in [2.05, 4.69) is 26.1 Å². The second-order valence-corrected chi connectivity index (χ2v) is 6.11. The molecule has 2 heteroatoms. The number of nitrogens with one attached hydrogen (secondary N) is 1. The van der Waals surface area contributed by atoms with Gasteiger partial charge in [0, 0.05) is 13.2 Å². The molecule has 1 aliphatic carbocycles. The Bertz CT molecular complexity index is 199. The highest BCUT2D eigenvalue weighted by molar-refractivity contribution is 4.86. The summed E-state index contributed by atoms with van der Waals surface area (Å²) >= 11 is 0. The monoisotopic (exact) mass is 241 g/mol. The minimum absolute atomic E-state index is 0.0614. The Balaban J connectivity index is 2.10. The van der Waals surface area contributed by atoms with Crippen molar-refractivity contribution in [3.8, 4) is 0 Å². The normalized spacial score (nSPS) is 18.4. The van der Waals surface area contributed by atoms with Crippen LogP contribution in [0.4, 0.5) is 0 Å². The van der Waals surface area contributed by atoms with Gasteiger partial charge in [0.1, 0.15) is 0 Å². The third-order valence-electron chi connectivity index (χ3n) is 3.94. The fourth-order valence-electron chi connectivity index (χ4n) is 2.35. The van der Waals surface area contributed by atoms with E-state index in [0.29, 0.717) is 0 Å². The molecule has 1 N–H and O–H groups in total. The first-order chi connectivity index (χ1) is 8.09. The van der Waals surface area contributed by atoms with Crippen LogP contribution in [0.3, 0.4) is 0 Å². The maximum absolute atomic E-state index is 5.45. The third-order valence-corrected chi connectivity index (χ3v) is 3.94. The molecule has 0 aliphatic heterocycles. The first-order valence-corrected chi connectivity index (χ1v) is 7.37. The highest BCUT2D eigenvalue weighted by atomic mass is 16.5. The second kappa shape index (κ2) is 7.38. The van der Waals surface area contributed by atoms with Gasteiger partial charge < -0.3 is 10.1 Å². The average molecular weight is 241 g/mol. The van der Waals surface area contributed by atoms with Gasteiger partial charge in [-0.15, -0.1) is 0 Å². The van der Waals surface area contributed by atoms with Gasteiger partial charge in [0.15, 0.2) is 0 Å². The lowest BCUT2D eigenvalue weighted by Gasteiger charge is -2.23. The molecule has 1 aliphatic rings. The molecule has 1 unspecified atom stereocenters. The van der Waals surface area contributed by atoms with E-state index in [1.165, 1.54) is 51.5 Å². The van der Waals surface area contributed by atoms with E-state index in [-0.39, 0.29) is 5.60 Å². The van der Waals surface area contributed by atoms with Gasteiger partial charge in [-0.3, -0.25) is 0 Å². The first-order valence-electron chi connectivity index (χ1n) is 7.37. The molecule has 1 fully saturated rings. The number of methoxy groups -OCH3 is 1. The van der Waals surface area contributed by atoms with Crippen molar-refractivity contribution >= 4 is 0 Å². The van der Waals surface area contributed by atoms with Gasteiger partial charge in [-0.05, 0) is 58.4 Å². The molecule has 0 heterocycles. The van der Waals surface area contributed by atoms with Crippen molar-refractivity contribution in [1.29, 1.82) is 0 Å². The number of hydrogen-bond donors (Lipinski definition) is 1. The van der Waals surface area contributed by atoms with Gasteiger partial charge in [0.25, 0.3) is 0 Å². The first kappa shape index (κ1) is 15.0. The molecular formula is C15H31NO. The van der Waals surface area contributed by atoms with Crippen LogP contribution in [0.5, 0.6) is 0 Å². The number of hydrogen-bond acceptors (Lipinski definition) is 2. The van der Waals surface area contributed by atoms with E-state index < -0.39 is 0 Å². The van der Waals surface area contributed by atoms with Gasteiger partial charge in [0.05, 0.1) is 5.60 Å². The Labute approximate surface area is 108 Å². The zero-order valence-corrected chi connectivity index (χ0v) is 12.2. The van der Waals surface area contributed by atoms with Crippen molar-refractivity contribution in [2.24, 2.45) is 5.92 Å². The van der Waals surface area contributed by atoms with Crippen LogP contribution in [-0.2, 0) is 4.74 Å². The molecule has 0 bridgehead atoms. The molecule has 1 saturated carbocycles. The van der Waals surface area contributed by atoms with Crippen molar-refractivity contribution < 1.29 is 4.74 Å². The molecule has 0 aromatic rings. The van der Waals surface area contributed by atoms with E-state index in [1.807, 2.05) is 7.11 Å². The molecule has 0 spiro atoms. The molecule has 0 saturated heterocycles. The Morgan fingerprint density at radius 3 is 2.53 bits per heavy atom. The molecule has 1 rings (SSSR count). The van der Waals surface area contributed by atoms with Crippen LogP contribution in [0.1, 0.15) is 65.7 Å². The van der Waals surface area contributed by atoms with Crippen LogP contribution in [0, 0.1) is 5.92 Å². The number of rotatable bonds is 10. The van der Waals surface area contributed by atoms with Crippen molar-refractivity contribution in [3.63, 3.8) is 0 Å². The summed E-state index contributed by atoms with van der Waals surface area (Å²) in [6.45, 7) is 7.80. The predicted molar refractivity (Wildman–Crippen MR) is 74.4 cm³/mol. The summed E-state index contributed by atoms with van der Waals surface area (Å²) < 4.78 is 5.45. The van der Waals surface area contributed by atoms with Crippen LogP contribution >= 0.6 is 0 Å². The van der Waals surface area contributed by atoms with Crippen LogP contribution in [-0.4, -0.2) is 25.3 Å². The van der Waals surface area contributed by atoms with E-state index >= 15 is 0 Å². The molecule has 0 aromatic heterocycles. The van der Waals surface area contributed by atoms with Crippen LogP contribution in [0.15, 0.2) is 0 Å². The van der Waals surface area contributed by atoms with Crippen LogP contribution < -0.4 is 5.32 Å². The molecule has 102 valence electrons. The third kappa shape index (κ3) is 6.42. The van der Waals surface area contributed by atoms with Gasteiger partial charge >= 0.3 is 0 Å². The lowest BCUT2D eigenvalue weighted by Crippen LogP contribution is -2.31. The maximum Gasteiger partial charge on any atom is 0.0622 e. The molecule has 0 amide bonds. The zero-order valence-electron chi connectivity index (χ0n) is 12.2. The number of unbranched alkanes of at least 4 members (excludes halogenated alkanes) is 1. The summed E-state index contributed by atoms with van der Waals surface area (Å²) in [5.41, 5.74) is 0.0614. The van der Waals surface area contributed by atoms with Crippen LogP contribution in [0.25, 0.3) is 0 Å². The second-order valence-electron chi connectivity index (χ2n) is 6.11. The average Bonchev–Trinajstić information content (AvgIpc) is 3.12. The Hall–Kier alpha value is -0.0800. The summed E-state index contributed by atoms with van der Waals surface area (Å²) in [7, 11) is 1.82. The van der Waals surface area contributed by atoms with E-state index in [1.54, 1.807) is 0 Å². The largest absolute Gasteiger partial charge is 0.379 e. The van der Waals surface area contributed by atoms with Gasteiger partial charge in [0.2, 0.25) is 0 Å². The molecular weight excluding hydrogens is 210 g/mol. The predicted octanol–water partition coefficient (Wildman–Crippen LogP) is 3.75. The fraction of sp³-hybridized carbons (Fsp3) is 1.00. The van der Waals surface area contributed by atoms with E-state index in [4.69, 9.17) is 4.74 Å². The van der Waals surface area contributed by atoms with Gasteiger partial charge in [-0.1, -0.05) is 19.8 Å². The topological polar surface area (TPSA) is 21.3 Å². The number of ether oxygens (including phenoxy) is 1. The quantitative estimate of drug-likeness (QED) is 0.588. The SMILES string of the molecule is CCCNC(CCCCC(C)(C)OC)C1CC1. The lowest BCUT2D eigenvalue weighted by atomic mass is 9.97. The summed E-state index contributed by atoms with van der Waals surface area (Å²) in [5, 5.41) is 3.71. The highest BCUT2D eigenvalue weighted by Crippen LogP contribution is 2.35. The van der Waals surface area contributed by atoms with E-state index in [0.717, 1.165) is 12.0 Å². The Kier molecular flexibility index (Phi) is 6.50. The molecule has 0 radical (unpaired) electrons. The summed E-state index contributed by atoms with van der Waals surface area (Å²) in [4.78, 5) is 0. The summed E-state index contributed by atoms with van der Waals surface area (Å²) in [6, 6.07) is 0.792. The van der Waals surface area contributed by atoms with Crippen LogP contribution in [0.2, 0.25) is 0 Å². The lowest BCUT2D eigenvalue weighted by molar-refractivity contribution is 0.0132. The summed E-state index contributed by atoms with van der Waals surface area (Å²) in [5.74, 6) is 0.983.